The zero-order chi connectivity index (χ0) is 23.1. The number of fused-ring (bicyclic) bond motifs is 1. The van der Waals surface area contributed by atoms with E-state index in [1.54, 1.807) is 0 Å². The van der Waals surface area contributed by atoms with Gasteiger partial charge in [0.15, 0.2) is 17.0 Å². The van der Waals surface area contributed by atoms with Gasteiger partial charge in [-0.2, -0.15) is 15.1 Å². The molecule has 0 bridgehead atoms. The summed E-state index contributed by atoms with van der Waals surface area (Å²) in [5.41, 5.74) is 5.66. The van der Waals surface area contributed by atoms with Gasteiger partial charge in [-0.15, -0.1) is 0 Å². The third-order valence-corrected chi connectivity index (χ3v) is 6.07. The number of anilines is 1. The third-order valence-electron chi connectivity index (χ3n) is 6.07. The predicted molar refractivity (Wildman–Crippen MR) is 132 cm³/mol. The summed E-state index contributed by atoms with van der Waals surface area (Å²) in [6.07, 6.45) is 1.94. The van der Waals surface area contributed by atoms with Crippen molar-refractivity contribution >= 4 is 17.1 Å². The maximum atomic E-state index is 5.55. The molecule has 1 fully saturated rings. The van der Waals surface area contributed by atoms with Crippen LogP contribution in [0.2, 0.25) is 0 Å². The van der Waals surface area contributed by atoms with Gasteiger partial charge in [-0.3, -0.25) is 4.57 Å². The molecule has 0 spiro atoms. The summed E-state index contributed by atoms with van der Waals surface area (Å²) in [6, 6.07) is 20.5. The molecule has 4 heterocycles. The fraction of sp³-hybridized carbons (Fsp3) is 0.231. The lowest BCUT2D eigenvalue weighted by molar-refractivity contribution is 0.122. The van der Waals surface area contributed by atoms with E-state index in [2.05, 4.69) is 46.7 Å². The molecular formula is C26H25N7O. The minimum absolute atomic E-state index is 0.660. The van der Waals surface area contributed by atoms with Crippen molar-refractivity contribution in [2.24, 2.45) is 0 Å². The van der Waals surface area contributed by atoms with Crippen LogP contribution in [0, 0.1) is 13.8 Å². The van der Waals surface area contributed by atoms with Crippen LogP contribution in [0.5, 0.6) is 0 Å². The molecule has 1 saturated heterocycles. The second-order valence-corrected chi connectivity index (χ2v) is 8.46. The van der Waals surface area contributed by atoms with Gasteiger partial charge in [-0.05, 0) is 38.1 Å². The van der Waals surface area contributed by atoms with Crippen molar-refractivity contribution in [2.45, 2.75) is 13.8 Å². The molecule has 8 nitrogen and oxygen atoms in total. The number of morpholine rings is 1. The van der Waals surface area contributed by atoms with Crippen LogP contribution in [0.1, 0.15) is 11.4 Å². The van der Waals surface area contributed by atoms with Crippen molar-refractivity contribution in [1.82, 2.24) is 29.3 Å². The van der Waals surface area contributed by atoms with E-state index in [9.17, 15) is 0 Å². The van der Waals surface area contributed by atoms with Crippen LogP contribution in [0.3, 0.4) is 0 Å². The molecule has 1 aliphatic rings. The molecule has 0 amide bonds. The van der Waals surface area contributed by atoms with Crippen LogP contribution in [-0.2, 0) is 4.74 Å². The molecule has 2 aromatic carbocycles. The van der Waals surface area contributed by atoms with E-state index in [0.29, 0.717) is 25.0 Å². The lowest BCUT2D eigenvalue weighted by Crippen LogP contribution is -2.37. The zero-order valence-electron chi connectivity index (χ0n) is 19.2. The fourth-order valence-corrected chi connectivity index (χ4v) is 4.39. The number of imidazole rings is 1. The van der Waals surface area contributed by atoms with Crippen LogP contribution in [-0.4, -0.2) is 55.6 Å². The number of nitrogens with zero attached hydrogens (tertiary/aromatic N) is 7. The summed E-state index contributed by atoms with van der Waals surface area (Å²) < 4.78 is 9.44. The molecule has 0 saturated carbocycles. The summed E-state index contributed by atoms with van der Waals surface area (Å²) in [4.78, 5) is 17.0. The number of aromatic nitrogens is 6. The van der Waals surface area contributed by atoms with Gasteiger partial charge >= 0.3 is 0 Å². The average Bonchev–Trinajstić information content (AvgIpc) is 3.49. The first-order chi connectivity index (χ1) is 16.7. The molecule has 0 atom stereocenters. The Labute approximate surface area is 197 Å². The van der Waals surface area contributed by atoms with Gasteiger partial charge in [0.1, 0.15) is 5.82 Å². The van der Waals surface area contributed by atoms with E-state index in [1.165, 1.54) is 5.56 Å². The standard InChI is InChI=1S/C26H25N7O/c1-18-7-6-8-20(17-18)22-11-12-32(30-22)24-23-25(29-26(28-24)31-13-15-34-16-14-31)33(19(2)27-23)21-9-4-3-5-10-21/h3-12,17H,13-16H2,1-2H3. The number of aryl methyl sites for hydroxylation is 2. The average molecular weight is 452 g/mol. The lowest BCUT2D eigenvalue weighted by atomic mass is 10.1. The van der Waals surface area contributed by atoms with Crippen LogP contribution in [0.4, 0.5) is 5.95 Å². The monoisotopic (exact) mass is 451 g/mol. The van der Waals surface area contributed by atoms with Gasteiger partial charge in [0, 0.05) is 30.5 Å². The van der Waals surface area contributed by atoms with E-state index < -0.39 is 0 Å². The van der Waals surface area contributed by atoms with Crippen molar-refractivity contribution in [3.63, 3.8) is 0 Å². The van der Waals surface area contributed by atoms with Crippen LogP contribution in [0.25, 0.3) is 33.9 Å². The number of para-hydroxylation sites is 1. The molecule has 0 unspecified atom stereocenters. The molecule has 0 N–H and O–H groups in total. The van der Waals surface area contributed by atoms with Crippen molar-refractivity contribution < 1.29 is 4.74 Å². The van der Waals surface area contributed by atoms with Crippen molar-refractivity contribution in [3.05, 3.63) is 78.2 Å². The summed E-state index contributed by atoms with van der Waals surface area (Å²) in [6.45, 7) is 6.89. The van der Waals surface area contributed by atoms with E-state index in [4.69, 9.17) is 24.8 Å². The second-order valence-electron chi connectivity index (χ2n) is 8.46. The zero-order valence-corrected chi connectivity index (χ0v) is 19.2. The minimum Gasteiger partial charge on any atom is -0.378 e. The van der Waals surface area contributed by atoms with E-state index in [1.807, 2.05) is 48.1 Å². The van der Waals surface area contributed by atoms with Gasteiger partial charge in [0.05, 0.1) is 18.9 Å². The molecular weight excluding hydrogens is 426 g/mol. The van der Waals surface area contributed by atoms with Crippen LogP contribution < -0.4 is 4.90 Å². The lowest BCUT2D eigenvalue weighted by Gasteiger charge is -2.27. The highest BCUT2D eigenvalue weighted by atomic mass is 16.5. The summed E-state index contributed by atoms with van der Waals surface area (Å²) in [5, 5.41) is 4.87. The Bertz CT molecular complexity index is 1470. The van der Waals surface area contributed by atoms with Gasteiger partial charge < -0.3 is 9.64 Å². The summed E-state index contributed by atoms with van der Waals surface area (Å²) >= 11 is 0. The molecule has 8 heteroatoms. The normalized spacial score (nSPS) is 14.1. The number of hydrogen-bond donors (Lipinski definition) is 0. The van der Waals surface area contributed by atoms with Gasteiger partial charge in [-0.25, -0.2) is 9.67 Å². The molecule has 3 aromatic heterocycles. The topological polar surface area (TPSA) is 73.9 Å². The molecule has 1 aliphatic heterocycles. The smallest absolute Gasteiger partial charge is 0.229 e. The minimum atomic E-state index is 0.660. The fourth-order valence-electron chi connectivity index (χ4n) is 4.39. The predicted octanol–water partition coefficient (Wildman–Crippen LogP) is 4.12. The second kappa shape index (κ2) is 8.39. The quantitative estimate of drug-likeness (QED) is 0.409. The Morgan fingerprint density at radius 3 is 2.47 bits per heavy atom. The largest absolute Gasteiger partial charge is 0.378 e. The molecule has 0 aliphatic carbocycles. The number of benzene rings is 2. The maximum absolute atomic E-state index is 5.55. The highest BCUT2D eigenvalue weighted by Gasteiger charge is 2.22. The first-order valence-corrected chi connectivity index (χ1v) is 11.5. The van der Waals surface area contributed by atoms with E-state index >= 15 is 0 Å². The van der Waals surface area contributed by atoms with Crippen molar-refractivity contribution in [2.75, 3.05) is 31.2 Å². The number of ether oxygens (including phenoxy) is 1. The Morgan fingerprint density at radius 2 is 1.68 bits per heavy atom. The first kappa shape index (κ1) is 20.6. The Kier molecular flexibility index (Phi) is 5.07. The van der Waals surface area contributed by atoms with Gasteiger partial charge in [-0.1, -0.05) is 42.0 Å². The highest BCUT2D eigenvalue weighted by Crippen LogP contribution is 2.27. The summed E-state index contributed by atoms with van der Waals surface area (Å²) in [7, 11) is 0. The highest BCUT2D eigenvalue weighted by molar-refractivity contribution is 5.82. The molecule has 0 radical (unpaired) electrons. The Balaban J connectivity index is 1.55. The van der Waals surface area contributed by atoms with Crippen molar-refractivity contribution in [1.29, 1.82) is 0 Å². The third kappa shape index (κ3) is 3.62. The molecule has 34 heavy (non-hydrogen) atoms. The first-order valence-electron chi connectivity index (χ1n) is 11.5. The summed E-state index contributed by atoms with van der Waals surface area (Å²) in [5.74, 6) is 2.18. The number of hydrogen-bond acceptors (Lipinski definition) is 6. The van der Waals surface area contributed by atoms with Gasteiger partial charge in [0.2, 0.25) is 5.95 Å². The Hall–Kier alpha value is -4.04. The Morgan fingerprint density at radius 1 is 0.853 bits per heavy atom. The molecule has 170 valence electrons. The van der Waals surface area contributed by atoms with E-state index in [0.717, 1.165) is 47.0 Å². The van der Waals surface area contributed by atoms with Crippen LogP contribution >= 0.6 is 0 Å². The SMILES string of the molecule is Cc1cccc(-c2ccn(-c3nc(N4CCOCC4)nc4c3nc(C)n4-c3ccccc3)n2)c1. The van der Waals surface area contributed by atoms with E-state index in [-0.39, 0.29) is 0 Å². The van der Waals surface area contributed by atoms with Crippen LogP contribution in [0.15, 0.2) is 66.9 Å². The maximum Gasteiger partial charge on any atom is 0.229 e. The van der Waals surface area contributed by atoms with Gasteiger partial charge in [0.25, 0.3) is 0 Å². The molecule has 6 rings (SSSR count). The molecule has 5 aromatic rings. The number of rotatable bonds is 4. The van der Waals surface area contributed by atoms with Crippen molar-refractivity contribution in [3.8, 4) is 22.8 Å².